The first-order valence-electron chi connectivity index (χ1n) is 6.16. The number of rotatable bonds is 5. The summed E-state index contributed by atoms with van der Waals surface area (Å²) >= 11 is 0. The van der Waals surface area contributed by atoms with Crippen molar-refractivity contribution in [3.63, 3.8) is 0 Å². The average Bonchev–Trinajstić information content (AvgIpc) is 2.25. The fourth-order valence-corrected chi connectivity index (χ4v) is 2.24. The van der Waals surface area contributed by atoms with Gasteiger partial charge in [-0.2, -0.15) is 0 Å². The van der Waals surface area contributed by atoms with Crippen LogP contribution in [0.5, 0.6) is 0 Å². The molecule has 1 heteroatoms. The van der Waals surface area contributed by atoms with E-state index in [9.17, 15) is 0 Å². The molecule has 0 aromatic rings. The summed E-state index contributed by atoms with van der Waals surface area (Å²) in [5.74, 6) is 1.43. The predicted molar refractivity (Wildman–Crippen MR) is 61.2 cm³/mol. The van der Waals surface area contributed by atoms with Crippen LogP contribution in [0.1, 0.15) is 51.9 Å². The molecular weight excluding hydrogens is 172 g/mol. The van der Waals surface area contributed by atoms with Gasteiger partial charge in [0.2, 0.25) is 0 Å². The minimum absolute atomic E-state index is 0.327. The second kappa shape index (κ2) is 7.05. The summed E-state index contributed by atoms with van der Waals surface area (Å²) < 4.78 is 0. The van der Waals surface area contributed by atoms with Crippen molar-refractivity contribution in [1.82, 2.24) is 0 Å². The van der Waals surface area contributed by atoms with Gasteiger partial charge in [-0.1, -0.05) is 38.3 Å². The molecule has 1 atom stereocenters. The minimum atomic E-state index is 0.327. The maximum atomic E-state index is 8.87. The van der Waals surface area contributed by atoms with E-state index >= 15 is 0 Å². The molecule has 0 spiro atoms. The molecule has 1 nitrogen and oxygen atoms in total. The van der Waals surface area contributed by atoms with Crippen LogP contribution in [0.25, 0.3) is 0 Å². The summed E-state index contributed by atoms with van der Waals surface area (Å²) in [5, 5.41) is 8.87. The Balaban J connectivity index is 2.27. The summed E-state index contributed by atoms with van der Waals surface area (Å²) in [6, 6.07) is 0. The van der Waals surface area contributed by atoms with Gasteiger partial charge in [-0.25, -0.2) is 0 Å². The third-order valence-corrected chi connectivity index (χ3v) is 3.33. The zero-order chi connectivity index (χ0) is 10.2. The fraction of sp³-hybridized carbons (Fsp3) is 0.846. The lowest BCUT2D eigenvalue weighted by atomic mass is 9.88. The smallest absolute Gasteiger partial charge is 0.0436 e. The van der Waals surface area contributed by atoms with E-state index in [1.54, 1.807) is 0 Å². The number of aliphatic hydroxyl groups is 1. The first-order valence-corrected chi connectivity index (χ1v) is 6.16. The Morgan fingerprint density at radius 1 is 1.29 bits per heavy atom. The van der Waals surface area contributed by atoms with E-state index in [0.717, 1.165) is 18.8 Å². The van der Waals surface area contributed by atoms with E-state index in [1.807, 2.05) is 0 Å². The molecule has 1 fully saturated rings. The summed E-state index contributed by atoms with van der Waals surface area (Å²) in [6.07, 6.45) is 13.8. The Kier molecular flexibility index (Phi) is 5.93. The topological polar surface area (TPSA) is 20.2 Å². The molecule has 0 aliphatic heterocycles. The highest BCUT2D eigenvalue weighted by atomic mass is 16.3. The van der Waals surface area contributed by atoms with Gasteiger partial charge in [-0.05, 0) is 37.5 Å². The van der Waals surface area contributed by atoms with Gasteiger partial charge in [0.1, 0.15) is 0 Å². The Morgan fingerprint density at radius 2 is 2.00 bits per heavy atom. The zero-order valence-corrected chi connectivity index (χ0v) is 9.41. The molecule has 1 aliphatic carbocycles. The summed E-state index contributed by atoms with van der Waals surface area (Å²) in [4.78, 5) is 0. The number of hydrogen-bond acceptors (Lipinski definition) is 1. The average molecular weight is 196 g/mol. The first kappa shape index (κ1) is 11.8. The molecule has 1 aliphatic rings. The summed E-state index contributed by atoms with van der Waals surface area (Å²) in [5.41, 5.74) is 0. The molecule has 0 saturated heterocycles. The number of aliphatic hydroxyl groups excluding tert-OH is 1. The first-order chi connectivity index (χ1) is 6.86. The van der Waals surface area contributed by atoms with Crippen LogP contribution < -0.4 is 0 Å². The van der Waals surface area contributed by atoms with Crippen molar-refractivity contribution in [3.8, 4) is 0 Å². The van der Waals surface area contributed by atoms with Crippen LogP contribution in [0.4, 0.5) is 0 Å². The van der Waals surface area contributed by atoms with Crippen molar-refractivity contribution >= 4 is 0 Å². The highest BCUT2D eigenvalue weighted by Gasteiger charge is 2.10. The summed E-state index contributed by atoms with van der Waals surface area (Å²) in [7, 11) is 0. The number of allylic oxidation sites excluding steroid dienone is 2. The van der Waals surface area contributed by atoms with Crippen molar-refractivity contribution < 1.29 is 5.11 Å². The second-order valence-electron chi connectivity index (χ2n) is 4.46. The molecule has 0 radical (unpaired) electrons. The van der Waals surface area contributed by atoms with Crippen LogP contribution in [-0.4, -0.2) is 11.7 Å². The SMILES string of the molecule is CC[C@H](/C=C/C1CCCCC1)CCO. The molecule has 0 unspecified atom stereocenters. The van der Waals surface area contributed by atoms with Crippen molar-refractivity contribution in [2.24, 2.45) is 11.8 Å². The zero-order valence-electron chi connectivity index (χ0n) is 9.41. The lowest BCUT2D eigenvalue weighted by Gasteiger charge is -2.18. The van der Waals surface area contributed by atoms with E-state index in [0.29, 0.717) is 12.5 Å². The largest absolute Gasteiger partial charge is 0.396 e. The molecule has 1 saturated carbocycles. The van der Waals surface area contributed by atoms with Crippen LogP contribution in [0, 0.1) is 11.8 Å². The standard InChI is InChI=1S/C13H24O/c1-2-12(10-11-14)8-9-13-6-4-3-5-7-13/h8-9,12-14H,2-7,10-11H2,1H3/b9-8+/t12-/m1/s1. The number of hydrogen-bond donors (Lipinski definition) is 1. The molecule has 14 heavy (non-hydrogen) atoms. The van der Waals surface area contributed by atoms with E-state index in [-0.39, 0.29) is 0 Å². The molecule has 0 amide bonds. The van der Waals surface area contributed by atoms with Gasteiger partial charge in [-0.15, -0.1) is 0 Å². The van der Waals surface area contributed by atoms with Crippen LogP contribution in [-0.2, 0) is 0 Å². The third kappa shape index (κ3) is 4.28. The van der Waals surface area contributed by atoms with Crippen molar-refractivity contribution in [2.75, 3.05) is 6.61 Å². The highest BCUT2D eigenvalue weighted by molar-refractivity contribution is 4.93. The molecule has 0 aromatic carbocycles. The molecular formula is C13H24O. The Hall–Kier alpha value is -0.300. The Labute approximate surface area is 88.2 Å². The second-order valence-corrected chi connectivity index (χ2v) is 4.46. The maximum Gasteiger partial charge on any atom is 0.0436 e. The fourth-order valence-electron chi connectivity index (χ4n) is 2.24. The van der Waals surface area contributed by atoms with Gasteiger partial charge in [0.15, 0.2) is 0 Å². The molecule has 0 heterocycles. The van der Waals surface area contributed by atoms with Crippen LogP contribution in [0.15, 0.2) is 12.2 Å². The quantitative estimate of drug-likeness (QED) is 0.667. The maximum absolute atomic E-state index is 8.87. The van der Waals surface area contributed by atoms with E-state index in [2.05, 4.69) is 19.1 Å². The molecule has 82 valence electrons. The Bertz CT molecular complexity index is 150. The van der Waals surface area contributed by atoms with Gasteiger partial charge in [0.25, 0.3) is 0 Å². The normalized spacial score (nSPS) is 21.6. The van der Waals surface area contributed by atoms with Crippen LogP contribution >= 0.6 is 0 Å². The van der Waals surface area contributed by atoms with Crippen LogP contribution in [0.2, 0.25) is 0 Å². The lowest BCUT2D eigenvalue weighted by molar-refractivity contribution is 0.268. The molecule has 0 aromatic heterocycles. The molecule has 0 bridgehead atoms. The van der Waals surface area contributed by atoms with Gasteiger partial charge in [0, 0.05) is 6.61 Å². The lowest BCUT2D eigenvalue weighted by Crippen LogP contribution is -2.04. The van der Waals surface area contributed by atoms with Crippen molar-refractivity contribution in [2.45, 2.75) is 51.9 Å². The summed E-state index contributed by atoms with van der Waals surface area (Å²) in [6.45, 7) is 2.53. The highest BCUT2D eigenvalue weighted by Crippen LogP contribution is 2.25. The van der Waals surface area contributed by atoms with E-state index in [4.69, 9.17) is 5.11 Å². The van der Waals surface area contributed by atoms with Gasteiger partial charge < -0.3 is 5.11 Å². The predicted octanol–water partition coefficient (Wildman–Crippen LogP) is 3.53. The van der Waals surface area contributed by atoms with Gasteiger partial charge in [-0.3, -0.25) is 0 Å². The van der Waals surface area contributed by atoms with Crippen LogP contribution in [0.3, 0.4) is 0 Å². The third-order valence-electron chi connectivity index (χ3n) is 3.33. The van der Waals surface area contributed by atoms with Gasteiger partial charge >= 0.3 is 0 Å². The van der Waals surface area contributed by atoms with E-state index in [1.165, 1.54) is 32.1 Å². The minimum Gasteiger partial charge on any atom is -0.396 e. The monoisotopic (exact) mass is 196 g/mol. The molecule has 1 rings (SSSR count). The van der Waals surface area contributed by atoms with E-state index < -0.39 is 0 Å². The van der Waals surface area contributed by atoms with Crippen molar-refractivity contribution in [3.05, 3.63) is 12.2 Å². The van der Waals surface area contributed by atoms with Gasteiger partial charge in [0.05, 0.1) is 0 Å². The Morgan fingerprint density at radius 3 is 2.57 bits per heavy atom. The molecule has 1 N–H and O–H groups in total. The van der Waals surface area contributed by atoms with Crippen molar-refractivity contribution in [1.29, 1.82) is 0 Å².